The van der Waals surface area contributed by atoms with Gasteiger partial charge in [0.25, 0.3) is 0 Å². The molecule has 0 spiro atoms. The number of carbonyl (C=O) groups excluding carboxylic acids is 2. The van der Waals surface area contributed by atoms with Gasteiger partial charge in [0.05, 0.1) is 34.0 Å². The van der Waals surface area contributed by atoms with Crippen molar-refractivity contribution in [2.45, 2.75) is 26.3 Å². The number of anilines is 1. The molecule has 0 aliphatic carbocycles. The smallest absolute Gasteiger partial charge is 0.341 e. The molecule has 0 bridgehead atoms. The number of rotatable bonds is 9. The van der Waals surface area contributed by atoms with E-state index in [1.165, 1.54) is 45.9 Å². The maximum atomic E-state index is 12.7. The predicted octanol–water partition coefficient (Wildman–Crippen LogP) is 3.98. The van der Waals surface area contributed by atoms with Gasteiger partial charge in [0.2, 0.25) is 11.7 Å². The highest BCUT2D eigenvalue weighted by molar-refractivity contribution is 7.17. The third-order valence-electron chi connectivity index (χ3n) is 5.42. The minimum Gasteiger partial charge on any atom is -0.493 e. The number of carbonyl (C=O) groups is 2. The van der Waals surface area contributed by atoms with E-state index in [-0.39, 0.29) is 5.91 Å². The standard InChI is InChI=1S/C24H30N2O6S/c1-6-10-26-11-9-16-19(14-26)33-23(21(16)24(28)32-5)25-20(27)8-7-15-12-17(29-2)22(31-4)18(13-15)30-3/h7-8,12-13H,6,9-11,14H2,1-5H3,(H,25,27)/b8-7+. The SMILES string of the molecule is CCCN1CCc2c(sc(NC(=O)/C=C/c3cc(OC)c(OC)c(OC)c3)c2C(=O)OC)C1. The molecule has 2 heterocycles. The molecule has 2 aromatic rings. The van der Waals surface area contributed by atoms with Crippen LogP contribution in [0.1, 0.15) is 39.7 Å². The molecule has 0 atom stereocenters. The summed E-state index contributed by atoms with van der Waals surface area (Å²) < 4.78 is 21.0. The normalized spacial score (nSPS) is 13.5. The molecule has 1 aromatic carbocycles. The Hall–Kier alpha value is -3.04. The molecule has 0 radical (unpaired) electrons. The third-order valence-corrected chi connectivity index (χ3v) is 6.55. The average molecular weight is 475 g/mol. The number of nitrogens with one attached hydrogen (secondary N) is 1. The van der Waals surface area contributed by atoms with E-state index in [1.807, 2.05) is 0 Å². The molecular formula is C24H30N2O6S. The molecule has 0 unspecified atom stereocenters. The number of amides is 1. The van der Waals surface area contributed by atoms with E-state index in [0.717, 1.165) is 42.9 Å². The molecule has 8 nitrogen and oxygen atoms in total. The molecular weight excluding hydrogens is 444 g/mol. The molecule has 0 saturated carbocycles. The topological polar surface area (TPSA) is 86.3 Å². The second-order valence-electron chi connectivity index (χ2n) is 7.51. The van der Waals surface area contributed by atoms with Crippen molar-refractivity contribution in [3.05, 3.63) is 39.8 Å². The Morgan fingerprint density at radius 1 is 1.12 bits per heavy atom. The Morgan fingerprint density at radius 3 is 2.39 bits per heavy atom. The highest BCUT2D eigenvalue weighted by atomic mass is 32.1. The minimum absolute atomic E-state index is 0.349. The van der Waals surface area contributed by atoms with Gasteiger partial charge in [-0.25, -0.2) is 4.79 Å². The lowest BCUT2D eigenvalue weighted by Gasteiger charge is -2.26. The molecule has 9 heteroatoms. The number of nitrogens with zero attached hydrogens (tertiary/aromatic N) is 1. The molecule has 1 amide bonds. The molecule has 1 aliphatic rings. The van der Waals surface area contributed by atoms with Crippen molar-refractivity contribution in [3.8, 4) is 17.2 Å². The molecule has 0 fully saturated rings. The summed E-state index contributed by atoms with van der Waals surface area (Å²) in [6, 6.07) is 3.49. The average Bonchev–Trinajstić information content (AvgIpc) is 3.18. The van der Waals surface area contributed by atoms with Crippen molar-refractivity contribution < 1.29 is 28.5 Å². The minimum atomic E-state index is -0.430. The van der Waals surface area contributed by atoms with Crippen LogP contribution in [-0.4, -0.2) is 58.3 Å². The van der Waals surface area contributed by atoms with Crippen LogP contribution in [0.5, 0.6) is 17.2 Å². The maximum Gasteiger partial charge on any atom is 0.341 e. The Kier molecular flexibility index (Phi) is 8.35. The van der Waals surface area contributed by atoms with Crippen LogP contribution in [0.25, 0.3) is 6.08 Å². The lowest BCUT2D eigenvalue weighted by atomic mass is 10.0. The lowest BCUT2D eigenvalue weighted by molar-refractivity contribution is -0.111. The molecule has 1 aliphatic heterocycles. The van der Waals surface area contributed by atoms with E-state index in [1.54, 1.807) is 18.2 Å². The van der Waals surface area contributed by atoms with Crippen molar-refractivity contribution in [3.63, 3.8) is 0 Å². The summed E-state index contributed by atoms with van der Waals surface area (Å²) in [5.74, 6) is 0.684. The van der Waals surface area contributed by atoms with Crippen LogP contribution in [0.2, 0.25) is 0 Å². The van der Waals surface area contributed by atoms with Gasteiger partial charge in [0.15, 0.2) is 11.5 Å². The number of hydrogen-bond acceptors (Lipinski definition) is 8. The Balaban J connectivity index is 1.83. The molecule has 1 aromatic heterocycles. The fraction of sp³-hybridized carbons (Fsp3) is 0.417. The zero-order valence-corrected chi connectivity index (χ0v) is 20.5. The van der Waals surface area contributed by atoms with E-state index in [0.29, 0.717) is 33.4 Å². The molecule has 33 heavy (non-hydrogen) atoms. The zero-order chi connectivity index (χ0) is 24.0. The van der Waals surface area contributed by atoms with Crippen molar-refractivity contribution in [1.29, 1.82) is 0 Å². The van der Waals surface area contributed by atoms with Gasteiger partial charge >= 0.3 is 5.97 Å². The van der Waals surface area contributed by atoms with Crippen LogP contribution < -0.4 is 19.5 Å². The number of benzene rings is 1. The second-order valence-corrected chi connectivity index (χ2v) is 8.61. The first kappa shape index (κ1) is 24.6. The van der Waals surface area contributed by atoms with Crippen LogP contribution in [-0.2, 0) is 22.5 Å². The zero-order valence-electron chi connectivity index (χ0n) is 19.6. The molecule has 0 saturated heterocycles. The highest BCUT2D eigenvalue weighted by Crippen LogP contribution is 2.39. The summed E-state index contributed by atoms with van der Waals surface area (Å²) in [5, 5.41) is 3.38. The van der Waals surface area contributed by atoms with Gasteiger partial charge < -0.3 is 24.3 Å². The first-order chi connectivity index (χ1) is 15.9. The first-order valence-corrected chi connectivity index (χ1v) is 11.5. The summed E-state index contributed by atoms with van der Waals surface area (Å²) >= 11 is 1.44. The summed E-state index contributed by atoms with van der Waals surface area (Å²) in [4.78, 5) is 28.7. The van der Waals surface area contributed by atoms with Crippen LogP contribution in [0, 0.1) is 0 Å². The predicted molar refractivity (Wildman–Crippen MR) is 129 cm³/mol. The molecule has 1 N–H and O–H groups in total. The fourth-order valence-corrected chi connectivity index (χ4v) is 5.17. The van der Waals surface area contributed by atoms with E-state index >= 15 is 0 Å². The summed E-state index contributed by atoms with van der Waals surface area (Å²) in [6.07, 6.45) is 4.88. The van der Waals surface area contributed by atoms with Gasteiger partial charge in [-0.15, -0.1) is 11.3 Å². The van der Waals surface area contributed by atoms with Gasteiger partial charge in [-0.2, -0.15) is 0 Å². The van der Waals surface area contributed by atoms with E-state index in [2.05, 4.69) is 17.1 Å². The summed E-state index contributed by atoms with van der Waals surface area (Å²) in [5.41, 5.74) is 2.14. The number of ether oxygens (including phenoxy) is 4. The largest absolute Gasteiger partial charge is 0.493 e. The number of methoxy groups -OCH3 is 4. The van der Waals surface area contributed by atoms with E-state index in [4.69, 9.17) is 18.9 Å². The summed E-state index contributed by atoms with van der Waals surface area (Å²) in [6.45, 7) is 4.81. The van der Waals surface area contributed by atoms with Gasteiger partial charge in [-0.3, -0.25) is 9.69 Å². The number of esters is 1. The van der Waals surface area contributed by atoms with Crippen LogP contribution in [0.3, 0.4) is 0 Å². The number of hydrogen-bond donors (Lipinski definition) is 1. The Morgan fingerprint density at radius 2 is 1.82 bits per heavy atom. The van der Waals surface area contributed by atoms with E-state index in [9.17, 15) is 9.59 Å². The van der Waals surface area contributed by atoms with Gasteiger partial charge in [0.1, 0.15) is 5.00 Å². The third kappa shape index (κ3) is 5.48. The fourth-order valence-electron chi connectivity index (χ4n) is 3.89. The van der Waals surface area contributed by atoms with Crippen molar-refractivity contribution >= 4 is 34.3 Å². The molecule has 178 valence electrons. The van der Waals surface area contributed by atoms with Gasteiger partial charge in [-0.05, 0) is 48.7 Å². The monoisotopic (exact) mass is 474 g/mol. The maximum absolute atomic E-state index is 12.7. The number of fused-ring (bicyclic) bond motifs is 1. The van der Waals surface area contributed by atoms with Crippen LogP contribution >= 0.6 is 11.3 Å². The van der Waals surface area contributed by atoms with E-state index < -0.39 is 5.97 Å². The van der Waals surface area contributed by atoms with Gasteiger partial charge in [-0.1, -0.05) is 6.92 Å². The first-order valence-electron chi connectivity index (χ1n) is 10.7. The lowest BCUT2D eigenvalue weighted by Crippen LogP contribution is -2.30. The van der Waals surface area contributed by atoms with Crippen LogP contribution in [0.4, 0.5) is 5.00 Å². The molecule has 3 rings (SSSR count). The van der Waals surface area contributed by atoms with Crippen molar-refractivity contribution in [2.24, 2.45) is 0 Å². The van der Waals surface area contributed by atoms with Gasteiger partial charge in [0, 0.05) is 24.0 Å². The quantitative estimate of drug-likeness (QED) is 0.435. The van der Waals surface area contributed by atoms with Crippen molar-refractivity contribution in [2.75, 3.05) is 46.8 Å². The summed E-state index contributed by atoms with van der Waals surface area (Å²) in [7, 11) is 5.96. The van der Waals surface area contributed by atoms with Crippen molar-refractivity contribution in [1.82, 2.24) is 4.90 Å². The highest BCUT2D eigenvalue weighted by Gasteiger charge is 2.28. The Bertz CT molecular complexity index is 1020. The number of thiophene rings is 1. The van der Waals surface area contributed by atoms with Crippen LogP contribution in [0.15, 0.2) is 18.2 Å². The Labute approximate surface area is 198 Å². The second kappa shape index (κ2) is 11.2.